The molecule has 0 unspecified atom stereocenters. The Morgan fingerprint density at radius 3 is 2.67 bits per heavy atom. The van der Waals surface area contributed by atoms with Gasteiger partial charge in [-0.1, -0.05) is 35.1 Å². The number of anilines is 1. The van der Waals surface area contributed by atoms with Gasteiger partial charge in [0.15, 0.2) is 5.01 Å². The van der Waals surface area contributed by atoms with Crippen LogP contribution < -0.4 is 15.4 Å². The highest BCUT2D eigenvalue weighted by Crippen LogP contribution is 2.18. The number of benzene rings is 2. The Labute approximate surface area is 194 Å². The van der Waals surface area contributed by atoms with Gasteiger partial charge in [0.2, 0.25) is 5.01 Å². The fourth-order valence-electron chi connectivity index (χ4n) is 2.96. The van der Waals surface area contributed by atoms with Gasteiger partial charge < -0.3 is 19.8 Å². The minimum Gasteiger partial charge on any atom is -0.486 e. The lowest BCUT2D eigenvalue weighted by atomic mass is 10.2. The van der Waals surface area contributed by atoms with E-state index in [0.717, 1.165) is 28.4 Å². The highest BCUT2D eigenvalue weighted by Gasteiger charge is 2.15. The zero-order chi connectivity index (χ0) is 23.0. The standard InChI is InChI=1S/C24H22N4O4S/c1-16-7-9-20(10-8-16)32-15-21-27-28-24(33-21)23(30)26-18-5-2-4-17(14-18)22(29)25-12-11-19-6-3-13-31-19/h2-10,13-14H,11-12,15H2,1H3,(H,25,29)(H,26,30). The van der Waals surface area contributed by atoms with Crippen LogP contribution in [0.25, 0.3) is 0 Å². The molecule has 2 aromatic carbocycles. The summed E-state index contributed by atoms with van der Waals surface area (Å²) in [5.41, 5.74) is 2.08. The third kappa shape index (κ3) is 6.27. The van der Waals surface area contributed by atoms with Crippen molar-refractivity contribution in [1.29, 1.82) is 0 Å². The number of amides is 2. The summed E-state index contributed by atoms with van der Waals surface area (Å²) in [4.78, 5) is 25.0. The number of ether oxygens (including phenoxy) is 1. The quantitative estimate of drug-likeness (QED) is 0.385. The molecule has 0 aliphatic carbocycles. The van der Waals surface area contributed by atoms with Gasteiger partial charge in [0, 0.05) is 24.2 Å². The Balaban J connectivity index is 1.30. The summed E-state index contributed by atoms with van der Waals surface area (Å²) in [5.74, 6) is 0.895. The van der Waals surface area contributed by atoms with E-state index in [1.807, 2.05) is 37.3 Å². The summed E-state index contributed by atoms with van der Waals surface area (Å²) in [6, 6.07) is 18.1. The van der Waals surface area contributed by atoms with E-state index in [2.05, 4.69) is 20.8 Å². The predicted molar refractivity (Wildman–Crippen MR) is 125 cm³/mol. The number of hydrogen-bond donors (Lipinski definition) is 2. The zero-order valence-electron chi connectivity index (χ0n) is 17.9. The van der Waals surface area contributed by atoms with Crippen molar-refractivity contribution in [3.63, 3.8) is 0 Å². The number of furan rings is 1. The Hall–Kier alpha value is -3.98. The van der Waals surface area contributed by atoms with Gasteiger partial charge in [-0.3, -0.25) is 9.59 Å². The molecule has 2 aromatic heterocycles. The summed E-state index contributed by atoms with van der Waals surface area (Å²) >= 11 is 1.16. The first kappa shape index (κ1) is 22.2. The molecule has 0 aliphatic rings. The summed E-state index contributed by atoms with van der Waals surface area (Å²) < 4.78 is 10.9. The Bertz CT molecular complexity index is 1220. The van der Waals surface area contributed by atoms with Crippen molar-refractivity contribution in [2.24, 2.45) is 0 Å². The van der Waals surface area contributed by atoms with Gasteiger partial charge in [-0.2, -0.15) is 0 Å². The van der Waals surface area contributed by atoms with Crippen LogP contribution in [0.1, 0.15) is 36.5 Å². The van der Waals surface area contributed by atoms with Gasteiger partial charge >= 0.3 is 0 Å². The minimum absolute atomic E-state index is 0.214. The molecule has 0 spiro atoms. The molecular formula is C24H22N4O4S. The van der Waals surface area contributed by atoms with E-state index >= 15 is 0 Å². The van der Waals surface area contributed by atoms with Gasteiger partial charge in [0.1, 0.15) is 18.1 Å². The molecule has 2 heterocycles. The Kier molecular flexibility index (Phi) is 7.11. The van der Waals surface area contributed by atoms with E-state index in [4.69, 9.17) is 9.15 Å². The lowest BCUT2D eigenvalue weighted by molar-refractivity contribution is 0.0952. The molecule has 4 rings (SSSR count). The molecule has 8 nitrogen and oxygen atoms in total. The third-order valence-corrected chi connectivity index (χ3v) is 5.56. The second-order valence-corrected chi connectivity index (χ2v) is 8.28. The molecule has 0 atom stereocenters. The molecule has 4 aromatic rings. The van der Waals surface area contributed by atoms with Crippen LogP contribution in [0.3, 0.4) is 0 Å². The maximum atomic E-state index is 12.6. The number of aromatic nitrogens is 2. The van der Waals surface area contributed by atoms with E-state index in [1.165, 1.54) is 0 Å². The van der Waals surface area contributed by atoms with Gasteiger partial charge in [-0.05, 0) is 49.4 Å². The van der Waals surface area contributed by atoms with E-state index in [0.29, 0.717) is 29.2 Å². The van der Waals surface area contributed by atoms with Gasteiger partial charge in [-0.15, -0.1) is 10.2 Å². The van der Waals surface area contributed by atoms with Gasteiger partial charge in [0.25, 0.3) is 11.8 Å². The summed E-state index contributed by atoms with van der Waals surface area (Å²) in [6.45, 7) is 2.67. The third-order valence-electron chi connectivity index (χ3n) is 4.66. The molecule has 0 radical (unpaired) electrons. The molecule has 0 saturated carbocycles. The first-order chi connectivity index (χ1) is 16.1. The van der Waals surface area contributed by atoms with Crippen molar-refractivity contribution in [3.05, 3.63) is 93.8 Å². The number of carbonyl (C=O) groups is 2. The molecule has 0 fully saturated rings. The van der Waals surface area contributed by atoms with Crippen LogP contribution in [0.4, 0.5) is 5.69 Å². The molecular weight excluding hydrogens is 440 g/mol. The maximum Gasteiger partial charge on any atom is 0.286 e. The van der Waals surface area contributed by atoms with E-state index < -0.39 is 5.91 Å². The van der Waals surface area contributed by atoms with Crippen LogP contribution in [0.15, 0.2) is 71.3 Å². The summed E-state index contributed by atoms with van der Waals surface area (Å²) in [7, 11) is 0. The summed E-state index contributed by atoms with van der Waals surface area (Å²) in [5, 5.41) is 14.4. The smallest absolute Gasteiger partial charge is 0.286 e. The van der Waals surface area contributed by atoms with E-state index in [9.17, 15) is 9.59 Å². The SMILES string of the molecule is Cc1ccc(OCc2nnc(C(=O)Nc3cccc(C(=O)NCCc4ccco4)c3)s2)cc1. The predicted octanol–water partition coefficient (Wildman–Crippen LogP) is 4.24. The number of nitrogens with zero attached hydrogens (tertiary/aromatic N) is 2. The Morgan fingerprint density at radius 2 is 1.88 bits per heavy atom. The van der Waals surface area contributed by atoms with Crippen LogP contribution in [-0.2, 0) is 13.0 Å². The lowest BCUT2D eigenvalue weighted by Gasteiger charge is -2.07. The summed E-state index contributed by atoms with van der Waals surface area (Å²) in [6.07, 6.45) is 2.20. The highest BCUT2D eigenvalue weighted by molar-refractivity contribution is 7.13. The number of rotatable bonds is 9. The van der Waals surface area contributed by atoms with E-state index in [-0.39, 0.29) is 17.5 Å². The number of hydrogen-bond acceptors (Lipinski definition) is 7. The van der Waals surface area contributed by atoms with Crippen molar-refractivity contribution >= 4 is 28.8 Å². The average Bonchev–Trinajstić information content (AvgIpc) is 3.51. The molecule has 0 aliphatic heterocycles. The number of carbonyl (C=O) groups excluding carboxylic acids is 2. The first-order valence-electron chi connectivity index (χ1n) is 10.3. The second kappa shape index (κ2) is 10.6. The fraction of sp³-hybridized carbons (Fsp3) is 0.167. The average molecular weight is 463 g/mol. The normalized spacial score (nSPS) is 10.6. The first-order valence-corrected chi connectivity index (χ1v) is 11.1. The van der Waals surface area contributed by atoms with Crippen LogP contribution in [0, 0.1) is 6.92 Å². The Morgan fingerprint density at radius 1 is 1.03 bits per heavy atom. The molecule has 0 saturated heterocycles. The van der Waals surface area contributed by atoms with Gasteiger partial charge in [0.05, 0.1) is 6.26 Å². The molecule has 9 heteroatoms. The van der Waals surface area contributed by atoms with Crippen LogP contribution >= 0.6 is 11.3 Å². The maximum absolute atomic E-state index is 12.6. The van der Waals surface area contributed by atoms with Crippen molar-refractivity contribution in [2.45, 2.75) is 20.0 Å². The van der Waals surface area contributed by atoms with Crippen LogP contribution in [0.5, 0.6) is 5.75 Å². The van der Waals surface area contributed by atoms with Crippen molar-refractivity contribution in [1.82, 2.24) is 15.5 Å². The molecule has 33 heavy (non-hydrogen) atoms. The highest BCUT2D eigenvalue weighted by atomic mass is 32.1. The van der Waals surface area contributed by atoms with Crippen LogP contribution in [-0.4, -0.2) is 28.6 Å². The number of nitrogens with one attached hydrogen (secondary N) is 2. The minimum atomic E-state index is -0.399. The van der Waals surface area contributed by atoms with Crippen molar-refractivity contribution < 1.29 is 18.7 Å². The molecule has 2 amide bonds. The van der Waals surface area contributed by atoms with Gasteiger partial charge in [-0.25, -0.2) is 0 Å². The zero-order valence-corrected chi connectivity index (χ0v) is 18.7. The fourth-order valence-corrected chi connectivity index (χ4v) is 3.61. The second-order valence-electron chi connectivity index (χ2n) is 7.22. The number of aryl methyl sites for hydroxylation is 1. The monoisotopic (exact) mass is 462 g/mol. The van der Waals surface area contributed by atoms with Crippen molar-refractivity contribution in [3.8, 4) is 5.75 Å². The molecule has 2 N–H and O–H groups in total. The topological polar surface area (TPSA) is 106 Å². The van der Waals surface area contributed by atoms with Crippen molar-refractivity contribution in [2.75, 3.05) is 11.9 Å². The lowest BCUT2D eigenvalue weighted by Crippen LogP contribution is -2.25. The molecule has 0 bridgehead atoms. The van der Waals surface area contributed by atoms with E-state index in [1.54, 1.807) is 36.6 Å². The van der Waals surface area contributed by atoms with Crippen LogP contribution in [0.2, 0.25) is 0 Å². The molecule has 168 valence electrons. The largest absolute Gasteiger partial charge is 0.486 e.